The van der Waals surface area contributed by atoms with E-state index in [1.807, 2.05) is 24.3 Å². The number of aliphatic carboxylic acids is 1. The SMILES string of the molecule is CCC(Oc1nc(Oc2cc(CNC(=O)CNC(=O)OC)cc(-c3cccc(CN)c3)c2)c(F)cc1F)C(=O)O. The van der Waals surface area contributed by atoms with E-state index in [0.29, 0.717) is 23.7 Å². The summed E-state index contributed by atoms with van der Waals surface area (Å²) in [6, 6.07) is 12.6. The molecule has 0 saturated carbocycles. The van der Waals surface area contributed by atoms with Crippen LogP contribution in [0.25, 0.3) is 11.1 Å². The molecule has 3 rings (SSSR count). The number of carboxylic acid groups (broad SMARTS) is 1. The lowest BCUT2D eigenvalue weighted by atomic mass is 10.0. The second kappa shape index (κ2) is 13.8. The van der Waals surface area contributed by atoms with Crippen molar-refractivity contribution in [1.82, 2.24) is 15.6 Å². The predicted molar refractivity (Wildman–Crippen MR) is 139 cm³/mol. The van der Waals surface area contributed by atoms with Crippen LogP contribution in [0.1, 0.15) is 24.5 Å². The molecule has 0 aliphatic rings. The topological polar surface area (TPSA) is 162 Å². The molecule has 3 aromatic rings. The van der Waals surface area contributed by atoms with Crippen molar-refractivity contribution in [3.8, 4) is 28.6 Å². The van der Waals surface area contributed by atoms with E-state index in [2.05, 4.69) is 20.4 Å². The number of hydrogen-bond acceptors (Lipinski definition) is 8. The molecule has 0 saturated heterocycles. The number of alkyl carbamates (subject to hydrolysis) is 1. The number of aromatic nitrogens is 1. The Bertz CT molecular complexity index is 1390. The van der Waals surface area contributed by atoms with Gasteiger partial charge in [-0.25, -0.2) is 18.4 Å². The van der Waals surface area contributed by atoms with Crippen LogP contribution in [0, 0.1) is 11.6 Å². The van der Waals surface area contributed by atoms with Crippen molar-refractivity contribution in [2.24, 2.45) is 5.73 Å². The highest BCUT2D eigenvalue weighted by Crippen LogP contribution is 2.32. The Morgan fingerprint density at radius 1 is 1.00 bits per heavy atom. The molecule has 0 fully saturated rings. The molecule has 1 atom stereocenters. The zero-order valence-corrected chi connectivity index (χ0v) is 21.7. The molecule has 0 aliphatic carbocycles. The number of carbonyl (C=O) groups is 3. The second-order valence-electron chi connectivity index (χ2n) is 8.41. The smallest absolute Gasteiger partial charge is 0.407 e. The molecule has 40 heavy (non-hydrogen) atoms. The van der Waals surface area contributed by atoms with Gasteiger partial charge in [0.1, 0.15) is 12.3 Å². The first kappa shape index (κ1) is 29.8. The number of amides is 2. The number of carboxylic acids is 1. The van der Waals surface area contributed by atoms with Crippen LogP contribution in [0.3, 0.4) is 0 Å². The quantitative estimate of drug-likeness (QED) is 0.261. The summed E-state index contributed by atoms with van der Waals surface area (Å²) in [4.78, 5) is 38.4. The molecule has 1 heterocycles. The molecule has 1 aromatic heterocycles. The molecule has 1 unspecified atom stereocenters. The lowest BCUT2D eigenvalue weighted by Crippen LogP contribution is -2.36. The van der Waals surface area contributed by atoms with E-state index >= 15 is 0 Å². The summed E-state index contributed by atoms with van der Waals surface area (Å²) in [6.07, 6.45) is -2.15. The molecule has 2 aromatic carbocycles. The Hall–Kier alpha value is -4.78. The highest BCUT2D eigenvalue weighted by molar-refractivity contribution is 5.82. The summed E-state index contributed by atoms with van der Waals surface area (Å²) < 4.78 is 44.1. The van der Waals surface area contributed by atoms with Crippen molar-refractivity contribution >= 4 is 18.0 Å². The normalized spacial score (nSPS) is 11.3. The number of benzene rings is 2. The lowest BCUT2D eigenvalue weighted by Gasteiger charge is -2.15. The molecule has 0 spiro atoms. The largest absolute Gasteiger partial charge is 0.479 e. The highest BCUT2D eigenvalue weighted by atomic mass is 19.1. The third-order valence-corrected chi connectivity index (χ3v) is 5.51. The molecule has 11 nitrogen and oxygen atoms in total. The van der Waals surface area contributed by atoms with Gasteiger partial charge in [0, 0.05) is 19.2 Å². The van der Waals surface area contributed by atoms with Gasteiger partial charge in [0.2, 0.25) is 5.91 Å². The lowest BCUT2D eigenvalue weighted by molar-refractivity contribution is -0.145. The molecule has 5 N–H and O–H groups in total. The van der Waals surface area contributed by atoms with Gasteiger partial charge in [-0.3, -0.25) is 4.79 Å². The number of nitrogens with one attached hydrogen (secondary N) is 2. The number of halogens is 2. The average molecular weight is 559 g/mol. The van der Waals surface area contributed by atoms with E-state index in [4.69, 9.17) is 15.2 Å². The van der Waals surface area contributed by atoms with E-state index in [9.17, 15) is 28.3 Å². The minimum Gasteiger partial charge on any atom is -0.479 e. The molecular weight excluding hydrogens is 530 g/mol. The van der Waals surface area contributed by atoms with Gasteiger partial charge in [-0.1, -0.05) is 25.1 Å². The maximum absolute atomic E-state index is 14.6. The number of nitrogens with two attached hydrogens (primary N) is 1. The zero-order chi connectivity index (χ0) is 29.2. The Morgan fingerprint density at radius 2 is 1.73 bits per heavy atom. The van der Waals surface area contributed by atoms with Crippen molar-refractivity contribution < 1.29 is 42.5 Å². The monoisotopic (exact) mass is 558 g/mol. The molecule has 2 amide bonds. The third-order valence-electron chi connectivity index (χ3n) is 5.51. The Kier molecular flexibility index (Phi) is 10.3. The third kappa shape index (κ3) is 8.11. The number of carbonyl (C=O) groups excluding carboxylic acids is 2. The summed E-state index contributed by atoms with van der Waals surface area (Å²) in [5.74, 6) is -5.48. The molecule has 0 radical (unpaired) electrons. The second-order valence-corrected chi connectivity index (χ2v) is 8.41. The van der Waals surface area contributed by atoms with Crippen LogP contribution in [-0.2, 0) is 27.4 Å². The molecule has 212 valence electrons. The van der Waals surface area contributed by atoms with Crippen molar-refractivity contribution in [2.75, 3.05) is 13.7 Å². The van der Waals surface area contributed by atoms with Gasteiger partial charge >= 0.3 is 12.1 Å². The van der Waals surface area contributed by atoms with Crippen molar-refractivity contribution in [3.05, 3.63) is 71.3 Å². The van der Waals surface area contributed by atoms with Crippen LogP contribution < -0.4 is 25.8 Å². The fourth-order valence-electron chi connectivity index (χ4n) is 3.50. The maximum atomic E-state index is 14.6. The van der Waals surface area contributed by atoms with Gasteiger partial charge in [-0.05, 0) is 52.9 Å². The van der Waals surface area contributed by atoms with Crippen LogP contribution in [-0.4, -0.2) is 47.8 Å². The first-order valence-corrected chi connectivity index (χ1v) is 12.1. The summed E-state index contributed by atoms with van der Waals surface area (Å²) in [6.45, 7) is 1.50. The zero-order valence-electron chi connectivity index (χ0n) is 21.7. The first-order valence-electron chi connectivity index (χ1n) is 12.1. The van der Waals surface area contributed by atoms with Gasteiger partial charge < -0.3 is 35.7 Å². The highest BCUT2D eigenvalue weighted by Gasteiger charge is 2.22. The minimum absolute atomic E-state index is 0.00689. The van der Waals surface area contributed by atoms with Gasteiger partial charge in [-0.2, -0.15) is 4.98 Å². The van der Waals surface area contributed by atoms with Crippen molar-refractivity contribution in [3.63, 3.8) is 0 Å². The van der Waals surface area contributed by atoms with Crippen LogP contribution in [0.15, 0.2) is 48.5 Å². The van der Waals surface area contributed by atoms with Crippen LogP contribution >= 0.6 is 0 Å². The standard InChI is InChI=1S/C27H28F2N4O7/c1-3-22(26(35)36)40-25-21(29)11-20(28)24(33-25)39-19-9-16(13-31-23(34)14-32-27(37)38-2)8-18(10-19)17-6-4-5-15(7-17)12-30/h4-11,22H,3,12-14,30H2,1-2H3,(H,31,34)(H,32,37)(H,35,36). The van der Waals surface area contributed by atoms with Crippen LogP contribution in [0.5, 0.6) is 17.5 Å². The van der Waals surface area contributed by atoms with Gasteiger partial charge in [-0.15, -0.1) is 0 Å². The van der Waals surface area contributed by atoms with Gasteiger partial charge in [0.15, 0.2) is 17.7 Å². The van der Waals surface area contributed by atoms with E-state index in [-0.39, 0.29) is 25.3 Å². The summed E-state index contributed by atoms with van der Waals surface area (Å²) in [5, 5.41) is 14.1. The molecular formula is C27H28F2N4O7. The van der Waals surface area contributed by atoms with E-state index in [0.717, 1.165) is 11.1 Å². The molecule has 0 bridgehead atoms. The summed E-state index contributed by atoms with van der Waals surface area (Å²) in [7, 11) is 1.17. The fraction of sp³-hybridized carbons (Fsp3) is 0.259. The maximum Gasteiger partial charge on any atom is 0.407 e. The number of hydrogen-bond donors (Lipinski definition) is 4. The van der Waals surface area contributed by atoms with Gasteiger partial charge in [0.25, 0.3) is 11.8 Å². The Morgan fingerprint density at radius 3 is 2.40 bits per heavy atom. The minimum atomic E-state index is -1.40. The fourth-order valence-corrected chi connectivity index (χ4v) is 3.50. The van der Waals surface area contributed by atoms with Gasteiger partial charge in [0.05, 0.1) is 7.11 Å². The van der Waals surface area contributed by atoms with Crippen LogP contribution in [0.2, 0.25) is 0 Å². The Balaban J connectivity index is 1.93. The number of pyridine rings is 1. The predicted octanol–water partition coefficient (Wildman–Crippen LogP) is 3.49. The van der Waals surface area contributed by atoms with E-state index in [1.165, 1.54) is 20.1 Å². The number of nitrogens with zero attached hydrogens (tertiary/aromatic N) is 1. The van der Waals surface area contributed by atoms with E-state index < -0.39 is 47.5 Å². The van der Waals surface area contributed by atoms with Crippen molar-refractivity contribution in [1.29, 1.82) is 0 Å². The first-order chi connectivity index (χ1) is 19.1. The van der Waals surface area contributed by atoms with Crippen LogP contribution in [0.4, 0.5) is 13.6 Å². The number of ether oxygens (including phenoxy) is 3. The van der Waals surface area contributed by atoms with Crippen molar-refractivity contribution in [2.45, 2.75) is 32.5 Å². The Labute approximate surface area is 228 Å². The summed E-state index contributed by atoms with van der Waals surface area (Å²) >= 11 is 0. The van der Waals surface area contributed by atoms with E-state index in [1.54, 1.807) is 12.1 Å². The average Bonchev–Trinajstić information content (AvgIpc) is 2.95. The number of methoxy groups -OCH3 is 1. The summed E-state index contributed by atoms with van der Waals surface area (Å²) in [5.41, 5.74) is 8.52. The number of rotatable bonds is 12. The molecule has 0 aliphatic heterocycles. The molecule has 13 heteroatoms.